The molecule has 2 aliphatic carbocycles. The topological polar surface area (TPSA) is 48.4 Å². The Morgan fingerprint density at radius 2 is 1.50 bits per heavy atom. The zero-order valence-corrected chi connectivity index (χ0v) is 21.2. The molecule has 0 radical (unpaired) electrons. The van der Waals surface area contributed by atoms with Crippen LogP contribution < -0.4 is 0 Å². The van der Waals surface area contributed by atoms with Crippen LogP contribution in [0.4, 0.5) is 0 Å². The highest BCUT2D eigenvalue weighted by Crippen LogP contribution is 2.34. The fraction of sp³-hybridized carbons (Fsp3) is 0.714. The Balaban J connectivity index is 1.73. The molecule has 0 aliphatic heterocycles. The highest BCUT2D eigenvalue weighted by molar-refractivity contribution is 6.09. The van der Waals surface area contributed by atoms with Crippen LogP contribution in [0.3, 0.4) is 0 Å². The van der Waals surface area contributed by atoms with E-state index in [1.807, 2.05) is 0 Å². The summed E-state index contributed by atoms with van der Waals surface area (Å²) >= 11 is 0. The molecule has 0 unspecified atom stereocenters. The Morgan fingerprint density at radius 1 is 0.844 bits per heavy atom. The summed E-state index contributed by atoms with van der Waals surface area (Å²) in [7, 11) is 0. The number of nitrogens with zero attached hydrogens (tertiary/aromatic N) is 1. The molecule has 1 aromatic rings. The van der Waals surface area contributed by atoms with Crippen molar-refractivity contribution in [2.24, 2.45) is 0 Å². The van der Waals surface area contributed by atoms with Gasteiger partial charge in [0.25, 0.3) is 0 Å². The predicted molar refractivity (Wildman–Crippen MR) is 131 cm³/mol. The molecule has 0 amide bonds. The molecule has 1 heterocycles. The van der Waals surface area contributed by atoms with E-state index in [0.29, 0.717) is 0 Å². The monoisotopic (exact) mass is 441 g/mol. The summed E-state index contributed by atoms with van der Waals surface area (Å²) in [6.45, 7) is 14.0. The molecule has 0 bridgehead atoms. The Kier molecular flexibility index (Phi) is 8.32. The lowest BCUT2D eigenvalue weighted by molar-refractivity contribution is -0.00415. The number of fused-ring (bicyclic) bond motifs is 2. The van der Waals surface area contributed by atoms with E-state index in [1.165, 1.54) is 35.2 Å². The standard InChI is InChI=1S/C28H43NO3/c1-27(2,3)31-18-10-9-12-20-16-17-23-21(14-11-19-32-28(4,5)6)22-13-7-8-15-24(22)29-25(23)26(20)30/h12H,7-11,13-19H2,1-6H3/b20-12+. The predicted octanol–water partition coefficient (Wildman–Crippen LogP) is 6.36. The van der Waals surface area contributed by atoms with E-state index in [4.69, 9.17) is 14.5 Å². The molecule has 178 valence electrons. The zero-order chi connectivity index (χ0) is 23.4. The van der Waals surface area contributed by atoms with Crippen LogP contribution in [0.5, 0.6) is 0 Å². The summed E-state index contributed by atoms with van der Waals surface area (Å²) in [6.07, 6.45) is 12.2. The largest absolute Gasteiger partial charge is 0.376 e. The van der Waals surface area contributed by atoms with E-state index in [0.717, 1.165) is 75.8 Å². The van der Waals surface area contributed by atoms with Crippen LogP contribution in [0.15, 0.2) is 11.6 Å². The number of pyridine rings is 1. The summed E-state index contributed by atoms with van der Waals surface area (Å²) < 4.78 is 11.8. The van der Waals surface area contributed by atoms with Crippen molar-refractivity contribution in [2.45, 2.75) is 117 Å². The van der Waals surface area contributed by atoms with Crippen molar-refractivity contribution in [3.05, 3.63) is 39.7 Å². The van der Waals surface area contributed by atoms with E-state index in [2.05, 4.69) is 47.6 Å². The van der Waals surface area contributed by atoms with Crippen LogP contribution >= 0.6 is 0 Å². The average molecular weight is 442 g/mol. The minimum atomic E-state index is -0.107. The highest BCUT2D eigenvalue weighted by Gasteiger charge is 2.29. The molecule has 0 N–H and O–H groups in total. The fourth-order valence-electron chi connectivity index (χ4n) is 4.71. The Labute approximate surface area is 195 Å². The van der Waals surface area contributed by atoms with Crippen molar-refractivity contribution in [2.75, 3.05) is 13.2 Å². The van der Waals surface area contributed by atoms with Gasteiger partial charge in [-0.2, -0.15) is 0 Å². The molecule has 4 nitrogen and oxygen atoms in total. The van der Waals surface area contributed by atoms with Gasteiger partial charge in [0, 0.05) is 18.9 Å². The first-order chi connectivity index (χ1) is 15.1. The van der Waals surface area contributed by atoms with E-state index in [9.17, 15) is 4.79 Å². The van der Waals surface area contributed by atoms with E-state index in [-0.39, 0.29) is 17.0 Å². The van der Waals surface area contributed by atoms with Gasteiger partial charge in [0.1, 0.15) is 5.69 Å². The second kappa shape index (κ2) is 10.6. The summed E-state index contributed by atoms with van der Waals surface area (Å²) in [4.78, 5) is 18.3. The van der Waals surface area contributed by atoms with Crippen molar-refractivity contribution in [3.63, 3.8) is 0 Å². The SMILES string of the molecule is CC(C)(C)OCCC/C=C1\CCc2c(nc3c(c2CCCOC(C)(C)C)CCCC3)C1=O. The maximum atomic E-state index is 13.4. The lowest BCUT2D eigenvalue weighted by Crippen LogP contribution is -2.24. The van der Waals surface area contributed by atoms with Crippen LogP contribution in [0.25, 0.3) is 0 Å². The maximum Gasteiger partial charge on any atom is 0.207 e. The molecule has 0 aromatic carbocycles. The first kappa shape index (κ1) is 25.1. The molecule has 0 spiro atoms. The summed E-state index contributed by atoms with van der Waals surface area (Å²) in [5.74, 6) is 0.156. The van der Waals surface area contributed by atoms with Crippen molar-refractivity contribution >= 4 is 5.78 Å². The number of ether oxygens (including phenoxy) is 2. The minimum absolute atomic E-state index is 0.106. The van der Waals surface area contributed by atoms with Gasteiger partial charge in [-0.15, -0.1) is 0 Å². The van der Waals surface area contributed by atoms with Crippen LogP contribution in [0.1, 0.15) is 113 Å². The molecule has 3 rings (SSSR count). The highest BCUT2D eigenvalue weighted by atomic mass is 16.5. The molecule has 0 atom stereocenters. The van der Waals surface area contributed by atoms with E-state index < -0.39 is 0 Å². The molecule has 2 aliphatic rings. The summed E-state index contributed by atoms with van der Waals surface area (Å²) in [5, 5.41) is 0. The number of rotatable bonds is 8. The minimum Gasteiger partial charge on any atom is -0.376 e. The lowest BCUT2D eigenvalue weighted by Gasteiger charge is -2.27. The molecular weight excluding hydrogens is 398 g/mol. The number of Topliss-reactive ketones (excluding diaryl/α,β-unsaturated/α-hetero) is 1. The van der Waals surface area contributed by atoms with Crippen molar-refractivity contribution in [3.8, 4) is 0 Å². The molecule has 0 saturated heterocycles. The third kappa shape index (κ3) is 6.99. The van der Waals surface area contributed by atoms with Gasteiger partial charge in [-0.05, 0) is 128 Å². The number of carbonyl (C=O) groups excluding carboxylic acids is 1. The van der Waals surface area contributed by atoms with Gasteiger partial charge in [-0.25, -0.2) is 4.98 Å². The number of allylic oxidation sites excluding steroid dienone is 2. The zero-order valence-electron chi connectivity index (χ0n) is 21.2. The van der Waals surface area contributed by atoms with Gasteiger partial charge in [0.05, 0.1) is 11.2 Å². The van der Waals surface area contributed by atoms with E-state index in [1.54, 1.807) is 0 Å². The van der Waals surface area contributed by atoms with Crippen molar-refractivity contribution in [1.29, 1.82) is 0 Å². The molecule has 0 fully saturated rings. The Morgan fingerprint density at radius 3 is 2.19 bits per heavy atom. The third-order valence-corrected chi connectivity index (χ3v) is 6.23. The number of aromatic nitrogens is 1. The Bertz CT molecular complexity index is 840. The second-order valence-corrected chi connectivity index (χ2v) is 11.3. The van der Waals surface area contributed by atoms with Crippen LogP contribution in [0.2, 0.25) is 0 Å². The van der Waals surface area contributed by atoms with Gasteiger partial charge in [0.15, 0.2) is 0 Å². The average Bonchev–Trinajstić information content (AvgIpc) is 2.70. The van der Waals surface area contributed by atoms with Crippen molar-refractivity contribution in [1.82, 2.24) is 4.98 Å². The van der Waals surface area contributed by atoms with Crippen molar-refractivity contribution < 1.29 is 14.3 Å². The number of aryl methyl sites for hydroxylation is 1. The van der Waals surface area contributed by atoms with Gasteiger partial charge in [-0.1, -0.05) is 6.08 Å². The summed E-state index contributed by atoms with van der Waals surface area (Å²) in [6, 6.07) is 0. The van der Waals surface area contributed by atoms with Crippen LogP contribution in [-0.2, 0) is 35.2 Å². The smallest absolute Gasteiger partial charge is 0.207 e. The maximum absolute atomic E-state index is 13.4. The normalized spacial score (nSPS) is 18.1. The number of hydrogen-bond donors (Lipinski definition) is 0. The first-order valence-electron chi connectivity index (χ1n) is 12.6. The summed E-state index contributed by atoms with van der Waals surface area (Å²) in [5.41, 5.74) is 6.71. The first-order valence-corrected chi connectivity index (χ1v) is 12.6. The molecule has 0 saturated carbocycles. The molecule has 32 heavy (non-hydrogen) atoms. The molecule has 1 aromatic heterocycles. The molecule has 4 heteroatoms. The molecular formula is C28H43NO3. The van der Waals surface area contributed by atoms with Gasteiger partial charge in [0.2, 0.25) is 5.78 Å². The Hall–Kier alpha value is -1.52. The third-order valence-electron chi connectivity index (χ3n) is 6.23. The number of ketones is 1. The quantitative estimate of drug-likeness (QED) is 0.348. The van der Waals surface area contributed by atoms with Crippen LogP contribution in [0, 0.1) is 0 Å². The number of carbonyl (C=O) groups is 1. The number of unbranched alkanes of at least 4 members (excludes halogenated alkanes) is 1. The second-order valence-electron chi connectivity index (χ2n) is 11.3. The van der Waals surface area contributed by atoms with Gasteiger partial charge >= 0.3 is 0 Å². The lowest BCUT2D eigenvalue weighted by atomic mass is 9.81. The number of hydrogen-bond acceptors (Lipinski definition) is 4. The van der Waals surface area contributed by atoms with Crippen LogP contribution in [-0.4, -0.2) is 35.2 Å². The van der Waals surface area contributed by atoms with Gasteiger partial charge in [-0.3, -0.25) is 4.79 Å². The fourth-order valence-corrected chi connectivity index (χ4v) is 4.71. The van der Waals surface area contributed by atoms with Gasteiger partial charge < -0.3 is 9.47 Å². The van der Waals surface area contributed by atoms with E-state index >= 15 is 0 Å².